The average Bonchev–Trinajstić information content (AvgIpc) is 2.95. The molecule has 0 fully saturated rings. The lowest BCUT2D eigenvalue weighted by Gasteiger charge is -2.07. The number of carbonyl (C=O) groups is 3. The third-order valence-electron chi connectivity index (χ3n) is 7.64. The van der Waals surface area contributed by atoms with Crippen LogP contribution >= 0.6 is 0 Å². The molecule has 0 spiro atoms. The van der Waals surface area contributed by atoms with Crippen molar-refractivity contribution < 1.29 is 33.7 Å². The molecule has 7 nitrogen and oxygen atoms in total. The van der Waals surface area contributed by atoms with E-state index in [9.17, 15) is 14.4 Å². The van der Waals surface area contributed by atoms with Gasteiger partial charge in [-0.2, -0.15) is 0 Å². The maximum atomic E-state index is 11.8. The molecule has 242 valence electrons. The molecule has 0 aliphatic rings. The van der Waals surface area contributed by atoms with Crippen LogP contribution in [0.1, 0.15) is 187 Å². The van der Waals surface area contributed by atoms with Crippen molar-refractivity contribution in [2.24, 2.45) is 0 Å². The van der Waals surface area contributed by atoms with E-state index in [4.69, 9.17) is 19.3 Å². The first-order valence-corrected chi connectivity index (χ1v) is 17.2. The molecule has 0 unspecified atom stereocenters. The summed E-state index contributed by atoms with van der Waals surface area (Å²) < 4.78 is 14.9. The van der Waals surface area contributed by atoms with Gasteiger partial charge in [0.1, 0.15) is 0 Å². The molecule has 0 saturated carbocycles. The highest BCUT2D eigenvalue weighted by molar-refractivity contribution is 5.69. The Labute approximate surface area is 251 Å². The number of hydrogen-bond acceptors (Lipinski definition) is 6. The van der Waals surface area contributed by atoms with E-state index < -0.39 is 12.1 Å². The number of rotatable bonds is 32. The third-order valence-corrected chi connectivity index (χ3v) is 7.64. The monoisotopic (exact) mass is 584 g/mol. The molecule has 0 aliphatic heterocycles. The predicted octanol–water partition coefficient (Wildman–Crippen LogP) is 10.7. The molecular formula is C34H64O7. The molecule has 0 radical (unpaired) electrons. The summed E-state index contributed by atoms with van der Waals surface area (Å²) in [5.74, 6) is -1.02. The van der Waals surface area contributed by atoms with Crippen molar-refractivity contribution in [3.05, 3.63) is 0 Å². The second kappa shape index (κ2) is 32.7. The molecular weight excluding hydrogens is 520 g/mol. The van der Waals surface area contributed by atoms with Crippen LogP contribution < -0.4 is 0 Å². The minimum atomic E-state index is -0.777. The second-order valence-electron chi connectivity index (χ2n) is 11.6. The van der Waals surface area contributed by atoms with E-state index >= 15 is 0 Å². The Morgan fingerprint density at radius 2 is 0.805 bits per heavy atom. The van der Waals surface area contributed by atoms with Crippen LogP contribution in [0.25, 0.3) is 0 Å². The Morgan fingerprint density at radius 3 is 1.22 bits per heavy atom. The van der Waals surface area contributed by atoms with E-state index in [0.717, 1.165) is 57.8 Å². The van der Waals surface area contributed by atoms with Crippen LogP contribution in [0.2, 0.25) is 0 Å². The zero-order chi connectivity index (χ0) is 30.1. The summed E-state index contributed by atoms with van der Waals surface area (Å²) in [5, 5.41) is 8.61. The van der Waals surface area contributed by atoms with Gasteiger partial charge in [0.2, 0.25) is 6.79 Å². The zero-order valence-electron chi connectivity index (χ0n) is 26.6. The molecule has 7 heteroatoms. The minimum Gasteiger partial charge on any atom is -0.481 e. The molecule has 41 heavy (non-hydrogen) atoms. The first-order valence-electron chi connectivity index (χ1n) is 17.2. The molecule has 0 atom stereocenters. The number of esters is 1. The van der Waals surface area contributed by atoms with E-state index in [0.29, 0.717) is 19.4 Å². The van der Waals surface area contributed by atoms with Gasteiger partial charge in [-0.15, -0.1) is 0 Å². The maximum Gasteiger partial charge on any atom is 0.511 e. The van der Waals surface area contributed by atoms with Crippen molar-refractivity contribution in [1.82, 2.24) is 0 Å². The summed E-state index contributed by atoms with van der Waals surface area (Å²) in [6, 6.07) is 0. The Hall–Kier alpha value is -1.79. The Morgan fingerprint density at radius 1 is 0.439 bits per heavy atom. The molecule has 0 aliphatic carbocycles. The number of carboxylic acids is 1. The second-order valence-corrected chi connectivity index (χ2v) is 11.6. The van der Waals surface area contributed by atoms with Crippen LogP contribution in [0, 0.1) is 0 Å². The predicted molar refractivity (Wildman–Crippen MR) is 166 cm³/mol. The van der Waals surface area contributed by atoms with Gasteiger partial charge in [-0.3, -0.25) is 9.59 Å². The summed E-state index contributed by atoms with van der Waals surface area (Å²) in [6.07, 6.45) is 31.0. The van der Waals surface area contributed by atoms with Gasteiger partial charge in [0, 0.05) is 12.8 Å². The lowest BCUT2D eigenvalue weighted by molar-refractivity contribution is -0.153. The van der Waals surface area contributed by atoms with Gasteiger partial charge in [-0.25, -0.2) is 4.79 Å². The SMILES string of the molecule is CCCCCCCCCCCCCCCC(=O)OCOC(=O)OCCCCCCCCCCCCCCCC(=O)O. The fourth-order valence-corrected chi connectivity index (χ4v) is 5.02. The van der Waals surface area contributed by atoms with E-state index in [2.05, 4.69) is 6.92 Å². The lowest BCUT2D eigenvalue weighted by Crippen LogP contribution is -2.14. The van der Waals surface area contributed by atoms with Gasteiger partial charge in [-0.1, -0.05) is 155 Å². The van der Waals surface area contributed by atoms with Crippen molar-refractivity contribution in [3.8, 4) is 0 Å². The van der Waals surface area contributed by atoms with E-state index in [1.54, 1.807) is 0 Å². The number of carboxylic acid groups (broad SMARTS) is 1. The van der Waals surface area contributed by atoms with E-state index in [1.807, 2.05) is 0 Å². The van der Waals surface area contributed by atoms with Gasteiger partial charge in [0.15, 0.2) is 0 Å². The number of carbonyl (C=O) groups excluding carboxylic acids is 2. The Bertz CT molecular complexity index is 594. The van der Waals surface area contributed by atoms with Crippen LogP contribution in [0.3, 0.4) is 0 Å². The topological polar surface area (TPSA) is 99.1 Å². The highest BCUT2D eigenvalue weighted by Crippen LogP contribution is 2.14. The van der Waals surface area contributed by atoms with E-state index in [1.165, 1.54) is 109 Å². The molecule has 0 aromatic carbocycles. The third kappa shape index (κ3) is 34.3. The van der Waals surface area contributed by atoms with Gasteiger partial charge >= 0.3 is 18.1 Å². The van der Waals surface area contributed by atoms with Crippen molar-refractivity contribution in [3.63, 3.8) is 0 Å². The van der Waals surface area contributed by atoms with Crippen LogP contribution in [0.5, 0.6) is 0 Å². The van der Waals surface area contributed by atoms with E-state index in [-0.39, 0.29) is 12.8 Å². The van der Waals surface area contributed by atoms with Crippen molar-refractivity contribution in [1.29, 1.82) is 0 Å². The fraction of sp³-hybridized carbons (Fsp3) is 0.912. The number of unbranched alkanes of at least 4 members (excludes halogenated alkanes) is 24. The zero-order valence-corrected chi connectivity index (χ0v) is 26.6. The van der Waals surface area contributed by atoms with Crippen LogP contribution in [-0.4, -0.2) is 36.6 Å². The van der Waals surface area contributed by atoms with Gasteiger partial charge in [0.25, 0.3) is 0 Å². The largest absolute Gasteiger partial charge is 0.511 e. The molecule has 0 amide bonds. The van der Waals surface area contributed by atoms with Crippen LogP contribution in [-0.2, 0) is 23.8 Å². The first kappa shape index (κ1) is 39.2. The van der Waals surface area contributed by atoms with Crippen molar-refractivity contribution in [2.45, 2.75) is 187 Å². The number of aliphatic carboxylic acids is 1. The normalized spacial score (nSPS) is 11.0. The summed E-state index contributed by atoms with van der Waals surface area (Å²) in [4.78, 5) is 33.9. The molecule has 0 heterocycles. The number of ether oxygens (including phenoxy) is 3. The standard InChI is InChI=1S/C34H64O7/c1-2-3-4-5-6-7-8-10-14-17-20-23-26-29-33(37)40-31-41-34(38)39-30-27-24-21-18-15-12-9-11-13-16-19-22-25-28-32(35)36/h2-31H2,1H3,(H,35,36). The average molecular weight is 585 g/mol. The highest BCUT2D eigenvalue weighted by atomic mass is 16.8. The minimum absolute atomic E-state index is 0.299. The molecule has 0 saturated heterocycles. The number of hydrogen-bond donors (Lipinski definition) is 1. The van der Waals surface area contributed by atoms with Crippen LogP contribution in [0.4, 0.5) is 4.79 Å². The quantitative estimate of drug-likeness (QED) is 0.0477. The summed E-state index contributed by atoms with van der Waals surface area (Å²) in [6.45, 7) is 2.21. The molecule has 0 aromatic rings. The molecule has 0 aromatic heterocycles. The van der Waals surface area contributed by atoms with Gasteiger partial charge in [-0.05, 0) is 19.3 Å². The lowest BCUT2D eigenvalue weighted by atomic mass is 10.0. The smallest absolute Gasteiger partial charge is 0.481 e. The van der Waals surface area contributed by atoms with Crippen LogP contribution in [0.15, 0.2) is 0 Å². The maximum absolute atomic E-state index is 11.8. The first-order chi connectivity index (χ1) is 20.1. The highest BCUT2D eigenvalue weighted by Gasteiger charge is 2.07. The van der Waals surface area contributed by atoms with Crippen molar-refractivity contribution >= 4 is 18.1 Å². The molecule has 0 bridgehead atoms. The molecule has 1 N–H and O–H groups in total. The summed E-state index contributed by atoms with van der Waals surface area (Å²) in [7, 11) is 0. The van der Waals surface area contributed by atoms with Crippen molar-refractivity contribution in [2.75, 3.05) is 13.4 Å². The summed E-state index contributed by atoms with van der Waals surface area (Å²) >= 11 is 0. The Balaban J connectivity index is 3.27. The van der Waals surface area contributed by atoms with Gasteiger partial charge in [0.05, 0.1) is 6.61 Å². The molecule has 0 rings (SSSR count). The Kier molecular flexibility index (Phi) is 31.3. The fourth-order valence-electron chi connectivity index (χ4n) is 5.02. The van der Waals surface area contributed by atoms with Gasteiger partial charge < -0.3 is 19.3 Å². The summed E-state index contributed by atoms with van der Waals surface area (Å²) in [5.41, 5.74) is 0.